The van der Waals surface area contributed by atoms with Gasteiger partial charge >= 0.3 is 12.0 Å². The third-order valence-electron chi connectivity index (χ3n) is 3.58. The molecule has 0 aliphatic rings. The molecule has 0 unspecified atom stereocenters. The minimum absolute atomic E-state index is 0.0293. The van der Waals surface area contributed by atoms with E-state index < -0.39 is 12.0 Å². The summed E-state index contributed by atoms with van der Waals surface area (Å²) in [6, 6.07) is 13.4. The molecular formula is C19H20N2O4. The van der Waals surface area contributed by atoms with Crippen LogP contribution < -0.4 is 10.6 Å². The first-order valence-electron chi connectivity index (χ1n) is 7.89. The van der Waals surface area contributed by atoms with Crippen LogP contribution in [0.3, 0.4) is 0 Å². The number of aryl methyl sites for hydroxylation is 1. The molecule has 0 bridgehead atoms. The summed E-state index contributed by atoms with van der Waals surface area (Å²) in [6.45, 7) is 2.18. The van der Waals surface area contributed by atoms with Crippen LogP contribution in [0.4, 0.5) is 10.5 Å². The molecule has 0 aromatic heterocycles. The molecule has 2 aromatic rings. The molecule has 0 saturated carbocycles. The zero-order chi connectivity index (χ0) is 18.2. The molecule has 2 rings (SSSR count). The van der Waals surface area contributed by atoms with E-state index >= 15 is 0 Å². The first-order valence-corrected chi connectivity index (χ1v) is 7.89. The fourth-order valence-electron chi connectivity index (χ4n) is 2.23. The highest BCUT2D eigenvalue weighted by Crippen LogP contribution is 2.10. The molecular weight excluding hydrogens is 320 g/mol. The van der Waals surface area contributed by atoms with Gasteiger partial charge in [0, 0.05) is 24.2 Å². The highest BCUT2D eigenvalue weighted by Gasteiger charge is 2.07. The van der Waals surface area contributed by atoms with Crippen molar-refractivity contribution in [3.8, 4) is 0 Å². The lowest BCUT2D eigenvalue weighted by atomic mass is 10.1. The van der Waals surface area contributed by atoms with Crippen molar-refractivity contribution in [1.29, 1.82) is 0 Å². The maximum atomic E-state index is 12.0. The predicted octanol–water partition coefficient (Wildman–Crippen LogP) is 3.02. The second-order valence-electron chi connectivity index (χ2n) is 5.69. The van der Waals surface area contributed by atoms with E-state index in [2.05, 4.69) is 10.6 Å². The normalized spacial score (nSPS) is 10.1. The maximum Gasteiger partial charge on any atom is 0.319 e. The van der Waals surface area contributed by atoms with Crippen LogP contribution in [0.15, 0.2) is 48.5 Å². The second kappa shape index (κ2) is 8.63. The SMILES string of the molecule is Cc1ccc(C(=O)CCNC(=O)Nc2ccc(CC(=O)O)cc2)cc1. The van der Waals surface area contributed by atoms with Gasteiger partial charge in [-0.3, -0.25) is 9.59 Å². The van der Waals surface area contributed by atoms with Gasteiger partial charge in [-0.2, -0.15) is 0 Å². The average molecular weight is 340 g/mol. The number of amides is 2. The number of benzene rings is 2. The van der Waals surface area contributed by atoms with Crippen molar-refractivity contribution in [3.63, 3.8) is 0 Å². The van der Waals surface area contributed by atoms with Crippen molar-refractivity contribution in [3.05, 3.63) is 65.2 Å². The molecule has 130 valence electrons. The molecule has 6 heteroatoms. The number of Topliss-reactive ketones (excluding diaryl/α,β-unsaturated/α-hetero) is 1. The second-order valence-corrected chi connectivity index (χ2v) is 5.69. The molecule has 0 fully saturated rings. The van der Waals surface area contributed by atoms with Crippen LogP contribution in [0, 0.1) is 6.92 Å². The summed E-state index contributed by atoms with van der Waals surface area (Å²) in [6.07, 6.45) is 0.154. The molecule has 0 atom stereocenters. The number of hydrogen-bond donors (Lipinski definition) is 3. The molecule has 0 aliphatic carbocycles. The number of urea groups is 1. The number of nitrogens with one attached hydrogen (secondary N) is 2. The van der Waals surface area contributed by atoms with Crippen LogP contribution >= 0.6 is 0 Å². The van der Waals surface area contributed by atoms with Gasteiger partial charge in [0.05, 0.1) is 6.42 Å². The summed E-state index contributed by atoms with van der Waals surface area (Å²) >= 11 is 0. The molecule has 6 nitrogen and oxygen atoms in total. The van der Waals surface area contributed by atoms with Crippen LogP contribution in [-0.4, -0.2) is 29.4 Å². The smallest absolute Gasteiger partial charge is 0.319 e. The fourth-order valence-corrected chi connectivity index (χ4v) is 2.23. The number of anilines is 1. The molecule has 0 spiro atoms. The number of hydrogen-bond acceptors (Lipinski definition) is 3. The summed E-state index contributed by atoms with van der Waals surface area (Å²) < 4.78 is 0. The van der Waals surface area contributed by atoms with Crippen molar-refractivity contribution < 1.29 is 19.5 Å². The van der Waals surface area contributed by atoms with E-state index in [1.807, 2.05) is 19.1 Å². The Morgan fingerprint density at radius 3 is 2.20 bits per heavy atom. The molecule has 3 N–H and O–H groups in total. The molecule has 0 heterocycles. The van der Waals surface area contributed by atoms with Crippen molar-refractivity contribution in [1.82, 2.24) is 5.32 Å². The van der Waals surface area contributed by atoms with Gasteiger partial charge in [0.25, 0.3) is 0 Å². The number of carbonyl (C=O) groups is 3. The van der Waals surface area contributed by atoms with E-state index in [9.17, 15) is 14.4 Å². The van der Waals surface area contributed by atoms with E-state index in [0.717, 1.165) is 5.56 Å². The third kappa shape index (κ3) is 6.10. The Balaban J connectivity index is 1.75. The molecule has 0 aliphatic heterocycles. The average Bonchev–Trinajstić information content (AvgIpc) is 2.56. The first-order chi connectivity index (χ1) is 11.9. The number of rotatable bonds is 7. The van der Waals surface area contributed by atoms with E-state index in [4.69, 9.17) is 5.11 Å². The summed E-state index contributed by atoms with van der Waals surface area (Å²) in [5, 5.41) is 14.0. The Kier molecular flexibility index (Phi) is 6.28. The standard InChI is InChI=1S/C19H20N2O4/c1-13-2-6-15(7-3-13)17(22)10-11-20-19(25)21-16-8-4-14(5-9-16)12-18(23)24/h2-9H,10-12H2,1H3,(H,23,24)(H2,20,21,25). The topological polar surface area (TPSA) is 95.5 Å². The summed E-state index contributed by atoms with van der Waals surface area (Å²) in [7, 11) is 0. The van der Waals surface area contributed by atoms with Gasteiger partial charge in [-0.15, -0.1) is 0 Å². The molecule has 0 radical (unpaired) electrons. The minimum Gasteiger partial charge on any atom is -0.481 e. The lowest BCUT2D eigenvalue weighted by Crippen LogP contribution is -2.30. The number of carboxylic acids is 1. The monoisotopic (exact) mass is 340 g/mol. The van der Waals surface area contributed by atoms with Gasteiger partial charge in [0.1, 0.15) is 0 Å². The van der Waals surface area contributed by atoms with E-state index in [0.29, 0.717) is 16.8 Å². The van der Waals surface area contributed by atoms with Crippen molar-refractivity contribution in [2.75, 3.05) is 11.9 Å². The van der Waals surface area contributed by atoms with E-state index in [1.165, 1.54) is 0 Å². The van der Waals surface area contributed by atoms with Gasteiger partial charge < -0.3 is 15.7 Å². The van der Waals surface area contributed by atoms with Crippen LogP contribution in [0.5, 0.6) is 0 Å². The first kappa shape index (κ1) is 18.2. The quantitative estimate of drug-likeness (QED) is 0.675. The van der Waals surface area contributed by atoms with Crippen molar-refractivity contribution in [2.24, 2.45) is 0 Å². The summed E-state index contributed by atoms with van der Waals surface area (Å²) in [4.78, 5) is 34.4. The highest BCUT2D eigenvalue weighted by molar-refractivity contribution is 5.96. The van der Waals surface area contributed by atoms with Crippen molar-refractivity contribution in [2.45, 2.75) is 19.8 Å². The zero-order valence-corrected chi connectivity index (χ0v) is 13.9. The van der Waals surface area contributed by atoms with Gasteiger partial charge in [0.15, 0.2) is 5.78 Å². The van der Waals surface area contributed by atoms with E-state index in [1.54, 1.807) is 36.4 Å². The Hall–Kier alpha value is -3.15. The van der Waals surface area contributed by atoms with Crippen LogP contribution in [0.2, 0.25) is 0 Å². The fraction of sp³-hybridized carbons (Fsp3) is 0.211. The Labute approximate surface area is 145 Å². The summed E-state index contributed by atoms with van der Waals surface area (Å²) in [5.41, 5.74) is 2.92. The zero-order valence-electron chi connectivity index (χ0n) is 13.9. The Bertz CT molecular complexity index is 752. The third-order valence-corrected chi connectivity index (χ3v) is 3.58. The minimum atomic E-state index is -0.906. The number of ketones is 1. The number of carbonyl (C=O) groups excluding carboxylic acids is 2. The predicted molar refractivity (Wildman–Crippen MR) is 94.9 cm³/mol. The van der Waals surface area contributed by atoms with Gasteiger partial charge in [0.2, 0.25) is 0 Å². The Morgan fingerprint density at radius 2 is 1.60 bits per heavy atom. The van der Waals surface area contributed by atoms with Crippen LogP contribution in [-0.2, 0) is 11.2 Å². The number of aliphatic carboxylic acids is 1. The van der Waals surface area contributed by atoms with Gasteiger partial charge in [-0.25, -0.2) is 4.79 Å². The van der Waals surface area contributed by atoms with E-state index in [-0.39, 0.29) is 25.2 Å². The van der Waals surface area contributed by atoms with Crippen LogP contribution in [0.1, 0.15) is 27.9 Å². The van der Waals surface area contributed by atoms with Gasteiger partial charge in [-0.1, -0.05) is 42.0 Å². The molecule has 25 heavy (non-hydrogen) atoms. The molecule has 2 amide bonds. The van der Waals surface area contributed by atoms with Crippen molar-refractivity contribution >= 4 is 23.5 Å². The number of carboxylic acid groups (broad SMARTS) is 1. The lowest BCUT2D eigenvalue weighted by Gasteiger charge is -2.08. The lowest BCUT2D eigenvalue weighted by molar-refractivity contribution is -0.136. The largest absolute Gasteiger partial charge is 0.481 e. The maximum absolute atomic E-state index is 12.0. The van der Waals surface area contributed by atoms with Crippen LogP contribution in [0.25, 0.3) is 0 Å². The summed E-state index contributed by atoms with van der Waals surface area (Å²) in [5.74, 6) is -0.935. The highest BCUT2D eigenvalue weighted by atomic mass is 16.4. The molecule has 0 saturated heterocycles. The Morgan fingerprint density at radius 1 is 0.960 bits per heavy atom. The molecule has 2 aromatic carbocycles. The van der Waals surface area contributed by atoms with Gasteiger partial charge in [-0.05, 0) is 24.6 Å².